The van der Waals surface area contributed by atoms with Gasteiger partial charge in [0, 0.05) is 11.1 Å². The number of thiazole rings is 1. The number of nitrogens with zero attached hydrogens (tertiary/aromatic N) is 1. The van der Waals surface area contributed by atoms with E-state index in [0.29, 0.717) is 11.0 Å². The van der Waals surface area contributed by atoms with Gasteiger partial charge in [-0.25, -0.2) is 18.2 Å². The maximum atomic E-state index is 13.5. The fourth-order valence-electron chi connectivity index (χ4n) is 1.87. The molecule has 1 aromatic carbocycles. The molecule has 2 rings (SSSR count). The number of anilines is 1. The molecule has 7 heteroatoms. The van der Waals surface area contributed by atoms with Crippen molar-refractivity contribution in [2.24, 2.45) is 0 Å². The van der Waals surface area contributed by atoms with E-state index in [-0.39, 0.29) is 17.5 Å². The second kappa shape index (κ2) is 6.48. The highest BCUT2D eigenvalue weighted by molar-refractivity contribution is 7.15. The molecule has 1 aromatic heterocycles. The van der Waals surface area contributed by atoms with Crippen LogP contribution in [0.25, 0.3) is 0 Å². The van der Waals surface area contributed by atoms with Gasteiger partial charge >= 0.3 is 0 Å². The number of nitrogens with one attached hydrogen (secondary N) is 1. The SMILES string of the molecule is Cc1c(CC(=O)Nc2ncc(C(C)C)s2)cc(F)c(F)c1F. The number of benzene rings is 1. The molecule has 0 aliphatic heterocycles. The lowest BCUT2D eigenvalue weighted by molar-refractivity contribution is -0.115. The van der Waals surface area contributed by atoms with Crippen molar-refractivity contribution in [2.45, 2.75) is 33.1 Å². The van der Waals surface area contributed by atoms with Crippen molar-refractivity contribution in [3.63, 3.8) is 0 Å². The molecular weight excluding hydrogens is 313 g/mol. The standard InChI is InChI=1S/C15H15F3N2OS/c1-7(2)11-6-19-15(22-11)20-12(21)5-9-4-10(16)14(18)13(17)8(9)3/h4,6-7H,5H2,1-3H3,(H,19,20,21). The molecule has 22 heavy (non-hydrogen) atoms. The lowest BCUT2D eigenvalue weighted by atomic mass is 10.0. The molecule has 0 fully saturated rings. The van der Waals surface area contributed by atoms with Crippen LogP contribution in [-0.2, 0) is 11.2 Å². The van der Waals surface area contributed by atoms with Crippen molar-refractivity contribution >= 4 is 22.4 Å². The van der Waals surface area contributed by atoms with Crippen LogP contribution in [-0.4, -0.2) is 10.9 Å². The van der Waals surface area contributed by atoms with Crippen LogP contribution in [0.3, 0.4) is 0 Å². The molecule has 0 radical (unpaired) electrons. The summed E-state index contributed by atoms with van der Waals surface area (Å²) in [7, 11) is 0. The van der Waals surface area contributed by atoms with Crippen LogP contribution in [0.4, 0.5) is 18.3 Å². The van der Waals surface area contributed by atoms with E-state index in [2.05, 4.69) is 10.3 Å². The Bertz CT molecular complexity index is 713. The van der Waals surface area contributed by atoms with Crippen LogP contribution >= 0.6 is 11.3 Å². The van der Waals surface area contributed by atoms with Gasteiger partial charge in [-0.2, -0.15) is 0 Å². The number of halogens is 3. The highest BCUT2D eigenvalue weighted by Gasteiger charge is 2.18. The molecule has 3 nitrogen and oxygen atoms in total. The van der Waals surface area contributed by atoms with Crippen LogP contribution in [0.1, 0.15) is 35.8 Å². The molecule has 0 bridgehead atoms. The van der Waals surface area contributed by atoms with Gasteiger partial charge in [-0.3, -0.25) is 4.79 Å². The van der Waals surface area contributed by atoms with Gasteiger partial charge in [0.2, 0.25) is 5.91 Å². The van der Waals surface area contributed by atoms with Crippen molar-refractivity contribution in [2.75, 3.05) is 5.32 Å². The molecule has 0 atom stereocenters. The summed E-state index contributed by atoms with van der Waals surface area (Å²) in [6.07, 6.45) is 1.42. The Morgan fingerprint density at radius 3 is 2.59 bits per heavy atom. The molecule has 0 spiro atoms. The average Bonchev–Trinajstić information content (AvgIpc) is 2.91. The first-order valence-corrected chi connectivity index (χ1v) is 7.49. The molecule has 0 saturated heterocycles. The van der Waals surface area contributed by atoms with Crippen molar-refractivity contribution in [1.82, 2.24) is 4.98 Å². The topological polar surface area (TPSA) is 42.0 Å². The number of rotatable bonds is 4. The van der Waals surface area contributed by atoms with E-state index in [1.54, 1.807) is 6.20 Å². The quantitative estimate of drug-likeness (QED) is 0.856. The first-order valence-electron chi connectivity index (χ1n) is 6.68. The molecule has 1 amide bonds. The molecule has 0 saturated carbocycles. The lowest BCUT2D eigenvalue weighted by Crippen LogP contribution is -2.16. The first-order chi connectivity index (χ1) is 10.3. The summed E-state index contributed by atoms with van der Waals surface area (Å²) in [5.41, 5.74) is 0.0330. The van der Waals surface area contributed by atoms with E-state index < -0.39 is 23.4 Å². The average molecular weight is 328 g/mol. The zero-order valence-electron chi connectivity index (χ0n) is 12.3. The number of hydrogen-bond acceptors (Lipinski definition) is 3. The molecule has 2 aromatic rings. The highest BCUT2D eigenvalue weighted by Crippen LogP contribution is 2.25. The normalized spacial score (nSPS) is 11.0. The van der Waals surface area contributed by atoms with Crippen LogP contribution in [0, 0.1) is 24.4 Å². The predicted molar refractivity (Wildman–Crippen MR) is 79.6 cm³/mol. The summed E-state index contributed by atoms with van der Waals surface area (Å²) in [6, 6.07) is 0.842. The molecule has 1 heterocycles. The minimum Gasteiger partial charge on any atom is -0.302 e. The number of carbonyl (C=O) groups is 1. The van der Waals surface area contributed by atoms with Gasteiger partial charge in [-0.1, -0.05) is 13.8 Å². The first kappa shape index (κ1) is 16.5. The Balaban J connectivity index is 2.12. The summed E-state index contributed by atoms with van der Waals surface area (Å²) in [5.74, 6) is -4.26. The third-order valence-electron chi connectivity index (χ3n) is 3.20. The summed E-state index contributed by atoms with van der Waals surface area (Å²) in [5, 5.41) is 3.00. The van der Waals surface area contributed by atoms with Gasteiger partial charge < -0.3 is 5.32 Å². The van der Waals surface area contributed by atoms with Crippen LogP contribution in [0.5, 0.6) is 0 Å². The lowest BCUT2D eigenvalue weighted by Gasteiger charge is -2.08. The van der Waals surface area contributed by atoms with E-state index in [9.17, 15) is 18.0 Å². The Hall–Kier alpha value is -1.89. The molecule has 0 aliphatic rings. The number of hydrogen-bond donors (Lipinski definition) is 1. The molecule has 118 valence electrons. The number of carbonyl (C=O) groups excluding carboxylic acids is 1. The molecule has 0 unspecified atom stereocenters. The Morgan fingerprint density at radius 2 is 2.00 bits per heavy atom. The predicted octanol–water partition coefficient (Wildman–Crippen LogP) is 4.17. The zero-order chi connectivity index (χ0) is 16.4. The van der Waals surface area contributed by atoms with Gasteiger partial charge in [0.25, 0.3) is 0 Å². The maximum absolute atomic E-state index is 13.5. The fraction of sp³-hybridized carbons (Fsp3) is 0.333. The second-order valence-electron chi connectivity index (χ2n) is 5.22. The summed E-state index contributed by atoms with van der Waals surface area (Å²) in [4.78, 5) is 17.0. The van der Waals surface area contributed by atoms with Crippen molar-refractivity contribution in [1.29, 1.82) is 0 Å². The third-order valence-corrected chi connectivity index (χ3v) is 4.42. The van der Waals surface area contributed by atoms with Crippen LogP contribution in [0.2, 0.25) is 0 Å². The minimum absolute atomic E-state index is 0.0731. The van der Waals surface area contributed by atoms with Gasteiger partial charge in [-0.15, -0.1) is 11.3 Å². The van der Waals surface area contributed by atoms with Gasteiger partial charge in [-0.05, 0) is 30.0 Å². The minimum atomic E-state index is -1.52. The van der Waals surface area contributed by atoms with E-state index in [0.717, 1.165) is 10.9 Å². The number of aromatic nitrogens is 1. The number of amides is 1. The summed E-state index contributed by atoms with van der Waals surface area (Å²) >= 11 is 1.34. The summed E-state index contributed by atoms with van der Waals surface area (Å²) < 4.78 is 39.8. The Kier molecular flexibility index (Phi) is 4.85. The largest absolute Gasteiger partial charge is 0.302 e. The van der Waals surface area contributed by atoms with Gasteiger partial charge in [0.05, 0.1) is 6.42 Å². The molecule has 1 N–H and O–H groups in total. The van der Waals surface area contributed by atoms with Gasteiger partial charge in [0.15, 0.2) is 22.6 Å². The Labute approximate surface area is 130 Å². The van der Waals surface area contributed by atoms with Gasteiger partial charge in [0.1, 0.15) is 0 Å². The van der Waals surface area contributed by atoms with E-state index in [4.69, 9.17) is 0 Å². The van der Waals surface area contributed by atoms with E-state index in [1.165, 1.54) is 18.3 Å². The monoisotopic (exact) mass is 328 g/mol. The highest BCUT2D eigenvalue weighted by atomic mass is 32.1. The second-order valence-corrected chi connectivity index (χ2v) is 6.28. The Morgan fingerprint density at radius 1 is 1.32 bits per heavy atom. The maximum Gasteiger partial charge on any atom is 0.230 e. The smallest absolute Gasteiger partial charge is 0.230 e. The summed E-state index contributed by atoms with van der Waals surface area (Å²) in [6.45, 7) is 5.32. The van der Waals surface area contributed by atoms with Crippen molar-refractivity contribution in [3.8, 4) is 0 Å². The van der Waals surface area contributed by atoms with Crippen molar-refractivity contribution in [3.05, 3.63) is 45.7 Å². The third kappa shape index (κ3) is 3.47. The van der Waals surface area contributed by atoms with E-state index in [1.807, 2.05) is 13.8 Å². The van der Waals surface area contributed by atoms with Crippen molar-refractivity contribution < 1.29 is 18.0 Å². The zero-order valence-corrected chi connectivity index (χ0v) is 13.2. The van der Waals surface area contributed by atoms with Crippen LogP contribution in [0.15, 0.2) is 12.3 Å². The molecular formula is C15H15F3N2OS. The van der Waals surface area contributed by atoms with Crippen LogP contribution < -0.4 is 5.32 Å². The van der Waals surface area contributed by atoms with E-state index >= 15 is 0 Å². The molecule has 0 aliphatic carbocycles. The fourth-order valence-corrected chi connectivity index (χ4v) is 2.70.